The van der Waals surface area contributed by atoms with Crippen molar-refractivity contribution in [1.82, 2.24) is 9.97 Å². The summed E-state index contributed by atoms with van der Waals surface area (Å²) in [5.41, 5.74) is 0.169. The zero-order chi connectivity index (χ0) is 13.0. The van der Waals surface area contributed by atoms with Crippen LogP contribution in [0.25, 0.3) is 0 Å². The van der Waals surface area contributed by atoms with Gasteiger partial charge >= 0.3 is 5.97 Å². The minimum Gasteiger partial charge on any atom is -0.464 e. The number of aliphatic hydroxyl groups is 1. The van der Waals surface area contributed by atoms with E-state index in [1.807, 2.05) is 4.90 Å². The second-order valence-corrected chi connectivity index (χ2v) is 3.88. The summed E-state index contributed by atoms with van der Waals surface area (Å²) in [5, 5.41) is 9.07. The van der Waals surface area contributed by atoms with Crippen molar-refractivity contribution in [3.05, 3.63) is 18.1 Å². The Kier molecular flexibility index (Phi) is 4.06. The number of rotatable bonds is 3. The smallest absolute Gasteiger partial charge is 0.358 e. The number of anilines is 1. The van der Waals surface area contributed by atoms with Gasteiger partial charge in [-0.1, -0.05) is 0 Å². The summed E-state index contributed by atoms with van der Waals surface area (Å²) in [6.07, 6.45) is 2.70. The van der Waals surface area contributed by atoms with E-state index in [1.165, 1.54) is 13.3 Å². The normalized spacial score (nSPS) is 19.7. The minimum absolute atomic E-state index is 0.0411. The highest BCUT2D eigenvalue weighted by molar-refractivity contribution is 5.87. The van der Waals surface area contributed by atoms with E-state index >= 15 is 0 Å². The molecule has 1 aliphatic rings. The number of carbonyl (C=O) groups excluding carboxylic acids is 1. The molecule has 0 spiro atoms. The number of ether oxygens (including phenoxy) is 2. The highest BCUT2D eigenvalue weighted by Gasteiger charge is 2.21. The van der Waals surface area contributed by atoms with Gasteiger partial charge in [-0.2, -0.15) is 0 Å². The van der Waals surface area contributed by atoms with Gasteiger partial charge < -0.3 is 19.5 Å². The molecule has 1 aromatic rings. The van der Waals surface area contributed by atoms with Crippen molar-refractivity contribution in [1.29, 1.82) is 0 Å². The number of aromatic nitrogens is 2. The molecule has 0 radical (unpaired) electrons. The summed E-state index contributed by atoms with van der Waals surface area (Å²) in [5.74, 6) is 0.0657. The number of hydrogen-bond donors (Lipinski definition) is 1. The topological polar surface area (TPSA) is 84.8 Å². The molecule has 18 heavy (non-hydrogen) atoms. The van der Waals surface area contributed by atoms with Crippen molar-refractivity contribution in [2.75, 3.05) is 38.3 Å². The number of esters is 1. The number of aliphatic hydroxyl groups excluding tert-OH is 1. The largest absolute Gasteiger partial charge is 0.464 e. The molecule has 0 aromatic carbocycles. The molecule has 0 amide bonds. The Morgan fingerprint density at radius 2 is 2.50 bits per heavy atom. The molecule has 1 unspecified atom stereocenters. The molecular weight excluding hydrogens is 238 g/mol. The fourth-order valence-electron chi connectivity index (χ4n) is 1.75. The van der Waals surface area contributed by atoms with Crippen molar-refractivity contribution < 1.29 is 19.4 Å². The second kappa shape index (κ2) is 5.74. The van der Waals surface area contributed by atoms with E-state index in [1.54, 1.807) is 6.20 Å². The minimum atomic E-state index is -0.517. The summed E-state index contributed by atoms with van der Waals surface area (Å²) < 4.78 is 9.94. The Labute approximate surface area is 104 Å². The lowest BCUT2D eigenvalue weighted by Crippen LogP contribution is -2.44. The fraction of sp³-hybridized carbons (Fsp3) is 0.545. The molecule has 2 rings (SSSR count). The average molecular weight is 253 g/mol. The summed E-state index contributed by atoms with van der Waals surface area (Å²) in [6.45, 7) is 1.64. The first kappa shape index (κ1) is 12.7. The van der Waals surface area contributed by atoms with Crippen LogP contribution in [-0.4, -0.2) is 60.6 Å². The molecule has 7 heteroatoms. The molecule has 0 bridgehead atoms. The van der Waals surface area contributed by atoms with Crippen molar-refractivity contribution in [2.24, 2.45) is 0 Å². The van der Waals surface area contributed by atoms with Crippen LogP contribution in [0.1, 0.15) is 10.5 Å². The molecule has 1 atom stereocenters. The standard InChI is InChI=1S/C11H15N3O4/c1-17-11(16)9-4-12-5-10(13-9)14-2-3-18-8(6-14)7-15/h4-5,8,15H,2-3,6-7H2,1H3. The van der Waals surface area contributed by atoms with Crippen LogP contribution in [0, 0.1) is 0 Å². The van der Waals surface area contributed by atoms with E-state index in [9.17, 15) is 4.79 Å². The van der Waals surface area contributed by atoms with Gasteiger partial charge in [0.1, 0.15) is 5.82 Å². The van der Waals surface area contributed by atoms with E-state index in [0.29, 0.717) is 25.5 Å². The van der Waals surface area contributed by atoms with E-state index < -0.39 is 5.97 Å². The Morgan fingerprint density at radius 3 is 3.22 bits per heavy atom. The van der Waals surface area contributed by atoms with Gasteiger partial charge in [-0.15, -0.1) is 0 Å². The maximum Gasteiger partial charge on any atom is 0.358 e. The van der Waals surface area contributed by atoms with Crippen molar-refractivity contribution in [2.45, 2.75) is 6.10 Å². The van der Waals surface area contributed by atoms with Crippen LogP contribution in [0.5, 0.6) is 0 Å². The third-order valence-electron chi connectivity index (χ3n) is 2.68. The predicted octanol–water partition coefficient (Wildman–Crippen LogP) is -0.539. The first-order valence-corrected chi connectivity index (χ1v) is 5.62. The first-order chi connectivity index (χ1) is 8.74. The Morgan fingerprint density at radius 1 is 1.67 bits per heavy atom. The molecule has 7 nitrogen and oxygen atoms in total. The van der Waals surface area contributed by atoms with Gasteiger partial charge in [-0.05, 0) is 0 Å². The van der Waals surface area contributed by atoms with Gasteiger partial charge in [-0.3, -0.25) is 4.98 Å². The quantitative estimate of drug-likeness (QED) is 0.724. The summed E-state index contributed by atoms with van der Waals surface area (Å²) >= 11 is 0. The lowest BCUT2D eigenvalue weighted by atomic mass is 10.3. The van der Waals surface area contributed by atoms with Crippen LogP contribution in [0.2, 0.25) is 0 Å². The van der Waals surface area contributed by atoms with Gasteiger partial charge in [0.2, 0.25) is 0 Å². The summed E-state index contributed by atoms with van der Waals surface area (Å²) in [6, 6.07) is 0. The Hall–Kier alpha value is -1.73. The Balaban J connectivity index is 2.15. The monoisotopic (exact) mass is 253 g/mol. The van der Waals surface area contributed by atoms with Crippen LogP contribution >= 0.6 is 0 Å². The summed E-state index contributed by atoms with van der Waals surface area (Å²) in [7, 11) is 1.30. The van der Waals surface area contributed by atoms with Gasteiger partial charge in [0.05, 0.1) is 38.8 Å². The highest BCUT2D eigenvalue weighted by atomic mass is 16.5. The molecule has 0 saturated carbocycles. The van der Waals surface area contributed by atoms with E-state index in [4.69, 9.17) is 9.84 Å². The molecule has 1 aromatic heterocycles. The molecular formula is C11H15N3O4. The van der Waals surface area contributed by atoms with Crippen LogP contribution in [0.15, 0.2) is 12.4 Å². The van der Waals surface area contributed by atoms with Gasteiger partial charge in [-0.25, -0.2) is 9.78 Å². The van der Waals surface area contributed by atoms with Crippen LogP contribution in [-0.2, 0) is 9.47 Å². The highest BCUT2D eigenvalue weighted by Crippen LogP contribution is 2.14. The Bertz CT molecular complexity index is 427. The SMILES string of the molecule is COC(=O)c1cncc(N2CCOC(CO)C2)n1. The zero-order valence-electron chi connectivity index (χ0n) is 10.1. The number of methoxy groups -OCH3 is 1. The molecule has 98 valence electrons. The third-order valence-corrected chi connectivity index (χ3v) is 2.68. The molecule has 2 heterocycles. The molecule has 0 aliphatic carbocycles. The van der Waals surface area contributed by atoms with Crippen molar-refractivity contribution >= 4 is 11.8 Å². The number of morpholine rings is 1. The van der Waals surface area contributed by atoms with E-state index in [0.717, 1.165) is 0 Å². The van der Waals surface area contributed by atoms with Gasteiger partial charge in [0, 0.05) is 13.1 Å². The van der Waals surface area contributed by atoms with E-state index in [-0.39, 0.29) is 18.4 Å². The summed E-state index contributed by atoms with van der Waals surface area (Å²) in [4.78, 5) is 21.4. The first-order valence-electron chi connectivity index (χ1n) is 5.62. The van der Waals surface area contributed by atoms with Gasteiger partial charge in [0.15, 0.2) is 5.69 Å². The maximum atomic E-state index is 11.4. The third kappa shape index (κ3) is 2.74. The van der Waals surface area contributed by atoms with Crippen LogP contribution in [0.4, 0.5) is 5.82 Å². The average Bonchev–Trinajstić information content (AvgIpc) is 2.46. The molecule has 1 N–H and O–H groups in total. The number of carbonyl (C=O) groups is 1. The van der Waals surface area contributed by atoms with Crippen LogP contribution < -0.4 is 4.90 Å². The maximum absolute atomic E-state index is 11.4. The lowest BCUT2D eigenvalue weighted by Gasteiger charge is -2.32. The predicted molar refractivity (Wildman–Crippen MR) is 62.4 cm³/mol. The molecule has 1 fully saturated rings. The molecule has 1 saturated heterocycles. The van der Waals surface area contributed by atoms with Crippen molar-refractivity contribution in [3.63, 3.8) is 0 Å². The number of hydrogen-bond acceptors (Lipinski definition) is 7. The fourth-order valence-corrected chi connectivity index (χ4v) is 1.75. The molecule has 1 aliphatic heterocycles. The zero-order valence-corrected chi connectivity index (χ0v) is 10.1. The lowest BCUT2D eigenvalue weighted by molar-refractivity contribution is 0.00333. The second-order valence-electron chi connectivity index (χ2n) is 3.88. The van der Waals surface area contributed by atoms with E-state index in [2.05, 4.69) is 14.7 Å². The van der Waals surface area contributed by atoms with Crippen molar-refractivity contribution in [3.8, 4) is 0 Å². The van der Waals surface area contributed by atoms with Crippen LogP contribution in [0.3, 0.4) is 0 Å². The van der Waals surface area contributed by atoms with Gasteiger partial charge in [0.25, 0.3) is 0 Å². The number of nitrogens with zero attached hydrogens (tertiary/aromatic N) is 3.